The van der Waals surface area contributed by atoms with Gasteiger partial charge >= 0.3 is 11.9 Å². The maximum atomic E-state index is 12.7. The number of esters is 2. The fraction of sp³-hybridized carbons (Fsp3) is 0.871. The fourth-order valence-corrected chi connectivity index (χ4v) is 6.36. The minimum absolute atomic E-state index is 0.0168. The molecule has 37 heavy (non-hydrogen) atoms. The molecule has 0 aromatic rings. The van der Waals surface area contributed by atoms with Crippen LogP contribution < -0.4 is 0 Å². The van der Waals surface area contributed by atoms with E-state index in [-0.39, 0.29) is 31.7 Å². The van der Waals surface area contributed by atoms with Crippen molar-refractivity contribution in [1.29, 1.82) is 0 Å². The van der Waals surface area contributed by atoms with E-state index in [4.69, 9.17) is 18.9 Å². The third-order valence-electron chi connectivity index (χ3n) is 8.78. The summed E-state index contributed by atoms with van der Waals surface area (Å²) in [5.74, 6) is 2.26. The van der Waals surface area contributed by atoms with Gasteiger partial charge in [-0.3, -0.25) is 4.79 Å². The van der Waals surface area contributed by atoms with Gasteiger partial charge in [-0.1, -0.05) is 52.0 Å². The van der Waals surface area contributed by atoms with Crippen molar-refractivity contribution in [2.24, 2.45) is 35.0 Å². The highest BCUT2D eigenvalue weighted by Gasteiger charge is 2.36. The van der Waals surface area contributed by atoms with Crippen molar-refractivity contribution in [3.05, 3.63) is 12.2 Å². The number of ether oxygens (including phenoxy) is 4. The summed E-state index contributed by atoms with van der Waals surface area (Å²) >= 11 is 0. The second kappa shape index (κ2) is 16.5. The van der Waals surface area contributed by atoms with E-state index >= 15 is 0 Å². The monoisotopic (exact) mass is 522 g/mol. The third kappa shape index (κ3) is 10.7. The molecule has 0 aromatic heterocycles. The van der Waals surface area contributed by atoms with Crippen molar-refractivity contribution in [1.82, 2.24) is 0 Å². The van der Waals surface area contributed by atoms with Crippen LogP contribution in [0.3, 0.4) is 0 Å². The standard InChI is InChI=1S/C31H54O6/c1-7-8-9-10-24-11-13-25(14-12-24)26-15-17-27(18-16-26)28(20-36-29(32)23(2)19-34-5)21-37-30(33)31(3,4)22-35-6/h24-28H,2,7-22H2,1,3-6H3. The summed E-state index contributed by atoms with van der Waals surface area (Å²) in [4.78, 5) is 25.0. The second-order valence-corrected chi connectivity index (χ2v) is 12.3. The fourth-order valence-electron chi connectivity index (χ4n) is 6.36. The van der Waals surface area contributed by atoms with Crippen LogP contribution in [0.4, 0.5) is 0 Å². The van der Waals surface area contributed by atoms with Gasteiger partial charge in [-0.05, 0) is 76.0 Å². The van der Waals surface area contributed by atoms with E-state index in [9.17, 15) is 9.59 Å². The molecule has 6 nitrogen and oxygen atoms in total. The SMILES string of the molecule is C=C(COC)C(=O)OCC(COC(=O)C(C)(C)COC)C1CCC(C2CCC(CCCCC)CC2)CC1. The van der Waals surface area contributed by atoms with Crippen LogP contribution in [-0.2, 0) is 28.5 Å². The Bertz CT molecular complexity index is 686. The van der Waals surface area contributed by atoms with Gasteiger partial charge in [-0.25, -0.2) is 4.79 Å². The smallest absolute Gasteiger partial charge is 0.335 e. The summed E-state index contributed by atoms with van der Waals surface area (Å²) in [5.41, 5.74) is -0.413. The minimum Gasteiger partial charge on any atom is -0.465 e. The van der Waals surface area contributed by atoms with E-state index in [0.717, 1.165) is 30.6 Å². The largest absolute Gasteiger partial charge is 0.465 e. The first kappa shape index (κ1) is 31.8. The maximum absolute atomic E-state index is 12.7. The summed E-state index contributed by atoms with van der Waals surface area (Å²) < 4.78 is 21.5. The van der Waals surface area contributed by atoms with Crippen molar-refractivity contribution in [3.8, 4) is 0 Å². The summed E-state index contributed by atoms with van der Waals surface area (Å²) in [6.07, 6.45) is 15.7. The Morgan fingerprint density at radius 3 is 2.03 bits per heavy atom. The van der Waals surface area contributed by atoms with Gasteiger partial charge in [0.1, 0.15) is 0 Å². The summed E-state index contributed by atoms with van der Waals surface area (Å²) in [6.45, 7) is 10.6. The van der Waals surface area contributed by atoms with E-state index < -0.39 is 11.4 Å². The van der Waals surface area contributed by atoms with Crippen molar-refractivity contribution in [3.63, 3.8) is 0 Å². The number of unbranched alkanes of at least 4 members (excludes halogenated alkanes) is 2. The van der Waals surface area contributed by atoms with Crippen molar-refractivity contribution >= 4 is 11.9 Å². The zero-order chi connectivity index (χ0) is 27.3. The molecule has 0 radical (unpaired) electrons. The van der Waals surface area contributed by atoms with Crippen LogP contribution >= 0.6 is 0 Å². The molecule has 2 saturated carbocycles. The molecule has 1 atom stereocenters. The van der Waals surface area contributed by atoms with Gasteiger partial charge in [0.25, 0.3) is 0 Å². The molecule has 0 aliphatic heterocycles. The molecule has 6 heteroatoms. The summed E-state index contributed by atoms with van der Waals surface area (Å²) in [5, 5.41) is 0. The molecule has 0 spiro atoms. The first-order valence-electron chi connectivity index (χ1n) is 14.7. The van der Waals surface area contributed by atoms with Crippen LogP contribution in [0.15, 0.2) is 12.2 Å². The minimum atomic E-state index is -0.713. The molecular formula is C31H54O6. The Balaban J connectivity index is 1.89. The molecular weight excluding hydrogens is 468 g/mol. The number of carbonyl (C=O) groups is 2. The summed E-state index contributed by atoms with van der Waals surface area (Å²) in [7, 11) is 3.11. The molecule has 0 saturated heterocycles. The highest BCUT2D eigenvalue weighted by atomic mass is 16.6. The Labute approximate surface area is 226 Å². The number of rotatable bonds is 16. The maximum Gasteiger partial charge on any atom is 0.335 e. The van der Waals surface area contributed by atoms with Gasteiger partial charge < -0.3 is 18.9 Å². The molecule has 0 amide bonds. The lowest BCUT2D eigenvalue weighted by Gasteiger charge is -2.39. The van der Waals surface area contributed by atoms with Crippen molar-refractivity contribution in [2.45, 2.75) is 97.8 Å². The molecule has 2 fully saturated rings. The molecule has 0 aromatic carbocycles. The van der Waals surface area contributed by atoms with Gasteiger partial charge in [0.15, 0.2) is 0 Å². The first-order valence-corrected chi connectivity index (χ1v) is 14.7. The topological polar surface area (TPSA) is 71.1 Å². The molecule has 2 aliphatic carbocycles. The zero-order valence-corrected chi connectivity index (χ0v) is 24.4. The molecule has 214 valence electrons. The predicted molar refractivity (Wildman–Crippen MR) is 147 cm³/mol. The van der Waals surface area contributed by atoms with Gasteiger partial charge in [-0.15, -0.1) is 0 Å². The van der Waals surface area contributed by atoms with Crippen LogP contribution in [0.2, 0.25) is 0 Å². The Kier molecular flexibility index (Phi) is 14.2. The quantitative estimate of drug-likeness (QED) is 0.127. The number of hydrogen-bond donors (Lipinski definition) is 0. The first-order chi connectivity index (χ1) is 17.7. The van der Waals surface area contributed by atoms with Crippen LogP contribution in [0.5, 0.6) is 0 Å². The third-order valence-corrected chi connectivity index (χ3v) is 8.78. The van der Waals surface area contributed by atoms with Crippen LogP contribution in [-0.4, -0.2) is 52.6 Å². The van der Waals surface area contributed by atoms with E-state index in [1.807, 2.05) is 13.8 Å². The highest BCUT2D eigenvalue weighted by molar-refractivity contribution is 5.87. The van der Waals surface area contributed by atoms with Gasteiger partial charge in [0, 0.05) is 20.1 Å². The molecule has 0 heterocycles. The normalized spacial score (nSPS) is 25.3. The lowest BCUT2D eigenvalue weighted by molar-refractivity contribution is -0.160. The zero-order valence-electron chi connectivity index (χ0n) is 24.4. The molecule has 1 unspecified atom stereocenters. The van der Waals surface area contributed by atoms with Crippen LogP contribution in [0.25, 0.3) is 0 Å². The lowest BCUT2D eigenvalue weighted by Crippen LogP contribution is -2.36. The second-order valence-electron chi connectivity index (χ2n) is 12.3. The number of carbonyl (C=O) groups excluding carboxylic acids is 2. The Hall–Kier alpha value is -1.40. The lowest BCUT2D eigenvalue weighted by atomic mass is 9.67. The molecule has 2 rings (SSSR count). The van der Waals surface area contributed by atoms with E-state index in [2.05, 4.69) is 13.5 Å². The van der Waals surface area contributed by atoms with E-state index in [1.54, 1.807) is 7.11 Å². The van der Waals surface area contributed by atoms with Gasteiger partial charge in [0.05, 0.1) is 37.4 Å². The van der Waals surface area contributed by atoms with Crippen molar-refractivity contribution in [2.75, 3.05) is 40.6 Å². The molecule has 0 N–H and O–H groups in total. The Morgan fingerprint density at radius 1 is 0.865 bits per heavy atom. The average Bonchev–Trinajstić information content (AvgIpc) is 2.89. The van der Waals surface area contributed by atoms with Gasteiger partial charge in [0.2, 0.25) is 0 Å². The predicted octanol–water partition coefficient (Wildman–Crippen LogP) is 6.76. The summed E-state index contributed by atoms with van der Waals surface area (Å²) in [6, 6.07) is 0. The highest BCUT2D eigenvalue weighted by Crippen LogP contribution is 2.44. The Morgan fingerprint density at radius 2 is 1.46 bits per heavy atom. The van der Waals surface area contributed by atoms with Crippen LogP contribution in [0.1, 0.15) is 97.8 Å². The average molecular weight is 523 g/mol. The number of hydrogen-bond acceptors (Lipinski definition) is 6. The van der Waals surface area contributed by atoms with Gasteiger partial charge in [-0.2, -0.15) is 0 Å². The molecule has 0 bridgehead atoms. The molecule has 2 aliphatic rings. The van der Waals surface area contributed by atoms with E-state index in [0.29, 0.717) is 18.1 Å². The van der Waals surface area contributed by atoms with E-state index in [1.165, 1.54) is 71.3 Å². The number of methoxy groups -OCH3 is 2. The van der Waals surface area contributed by atoms with Crippen LogP contribution in [0, 0.1) is 35.0 Å². The van der Waals surface area contributed by atoms with Crippen molar-refractivity contribution < 1.29 is 28.5 Å².